The van der Waals surface area contributed by atoms with Gasteiger partial charge in [-0.05, 0) is 5.92 Å². The summed E-state index contributed by atoms with van der Waals surface area (Å²) in [5, 5.41) is 11.6. The number of carbonyl (C=O) groups excluding carboxylic acids is 2. The van der Waals surface area contributed by atoms with Gasteiger partial charge >= 0.3 is 12.0 Å². The number of urea groups is 1. The third-order valence-corrected chi connectivity index (χ3v) is 3.34. The number of nitrogens with one attached hydrogen (secondary N) is 1. The fraction of sp³-hybridized carbons (Fsp3) is 0.750. The molecule has 1 saturated heterocycles. The lowest BCUT2D eigenvalue weighted by Gasteiger charge is -2.32. The molecule has 1 aliphatic rings. The number of piperazine rings is 1. The zero-order valence-corrected chi connectivity index (χ0v) is 11.5. The van der Waals surface area contributed by atoms with E-state index in [1.54, 1.807) is 25.8 Å². The van der Waals surface area contributed by atoms with Gasteiger partial charge in [0.05, 0.1) is 5.92 Å². The van der Waals surface area contributed by atoms with Crippen LogP contribution < -0.4 is 5.32 Å². The Morgan fingerprint density at radius 3 is 2.47 bits per heavy atom. The van der Waals surface area contributed by atoms with Crippen LogP contribution in [0, 0.1) is 11.8 Å². The lowest BCUT2D eigenvalue weighted by molar-refractivity contribution is -0.143. The van der Waals surface area contributed by atoms with Crippen LogP contribution in [0.4, 0.5) is 4.79 Å². The van der Waals surface area contributed by atoms with Crippen molar-refractivity contribution in [2.24, 2.45) is 11.8 Å². The molecule has 0 radical (unpaired) electrons. The molecule has 1 aliphatic heterocycles. The Balaban J connectivity index is 2.47. The van der Waals surface area contributed by atoms with Gasteiger partial charge in [0.2, 0.25) is 5.91 Å². The van der Waals surface area contributed by atoms with E-state index in [0.717, 1.165) is 0 Å². The lowest BCUT2D eigenvalue weighted by atomic mass is 9.96. The van der Waals surface area contributed by atoms with Gasteiger partial charge in [0.1, 0.15) is 6.54 Å². The SMILES string of the molecule is CC(C)C(CNC(=O)N1CCN(C)C(=O)C1)C(=O)O. The van der Waals surface area contributed by atoms with E-state index >= 15 is 0 Å². The van der Waals surface area contributed by atoms with Gasteiger partial charge in [0.25, 0.3) is 0 Å². The third-order valence-electron chi connectivity index (χ3n) is 3.34. The number of nitrogens with zero attached hydrogens (tertiary/aromatic N) is 2. The molecule has 1 unspecified atom stereocenters. The first-order valence-electron chi connectivity index (χ1n) is 6.32. The van der Waals surface area contributed by atoms with Crippen LogP contribution >= 0.6 is 0 Å². The smallest absolute Gasteiger partial charge is 0.317 e. The first kappa shape index (κ1) is 15.3. The molecule has 7 heteroatoms. The summed E-state index contributed by atoms with van der Waals surface area (Å²) in [4.78, 5) is 37.3. The summed E-state index contributed by atoms with van der Waals surface area (Å²) in [6, 6.07) is -0.381. The van der Waals surface area contributed by atoms with E-state index < -0.39 is 11.9 Å². The van der Waals surface area contributed by atoms with Crippen molar-refractivity contribution >= 4 is 17.9 Å². The van der Waals surface area contributed by atoms with Crippen LogP contribution in [0.25, 0.3) is 0 Å². The normalized spacial score (nSPS) is 17.6. The molecule has 108 valence electrons. The minimum absolute atomic E-state index is 0.0434. The minimum Gasteiger partial charge on any atom is -0.481 e. The molecule has 7 nitrogen and oxygen atoms in total. The first-order valence-corrected chi connectivity index (χ1v) is 6.32. The summed E-state index contributed by atoms with van der Waals surface area (Å²) in [5.41, 5.74) is 0. The van der Waals surface area contributed by atoms with Gasteiger partial charge < -0.3 is 20.2 Å². The maximum absolute atomic E-state index is 11.9. The zero-order valence-electron chi connectivity index (χ0n) is 11.5. The number of carboxylic acid groups (broad SMARTS) is 1. The molecule has 1 atom stereocenters. The maximum atomic E-state index is 11.9. The number of carbonyl (C=O) groups is 3. The second-order valence-corrected chi connectivity index (χ2v) is 5.11. The quantitative estimate of drug-likeness (QED) is 0.742. The third kappa shape index (κ3) is 4.11. The molecule has 1 rings (SSSR count). The Morgan fingerprint density at radius 1 is 1.37 bits per heavy atom. The zero-order chi connectivity index (χ0) is 14.6. The predicted octanol–water partition coefficient (Wildman–Crippen LogP) is -0.173. The van der Waals surface area contributed by atoms with Gasteiger partial charge in [-0.3, -0.25) is 9.59 Å². The molecule has 0 aromatic carbocycles. The standard InChI is InChI=1S/C12H21N3O4/c1-8(2)9(11(17)18)6-13-12(19)15-5-4-14(3)10(16)7-15/h8-9H,4-7H2,1-3H3,(H,13,19)(H,17,18). The van der Waals surface area contributed by atoms with Crippen molar-refractivity contribution in [3.63, 3.8) is 0 Å². The van der Waals surface area contributed by atoms with Gasteiger partial charge in [0.15, 0.2) is 0 Å². The Labute approximate surface area is 112 Å². The first-order chi connectivity index (χ1) is 8.82. The van der Waals surface area contributed by atoms with E-state index in [-0.39, 0.29) is 30.9 Å². The number of aliphatic carboxylic acids is 1. The van der Waals surface area contributed by atoms with Crippen LogP contribution in [0.5, 0.6) is 0 Å². The summed E-state index contributed by atoms with van der Waals surface area (Å²) in [6.07, 6.45) is 0. The number of hydrogen-bond donors (Lipinski definition) is 2. The van der Waals surface area contributed by atoms with Gasteiger partial charge in [0, 0.05) is 26.7 Å². The molecule has 1 heterocycles. The van der Waals surface area contributed by atoms with Gasteiger partial charge in [-0.15, -0.1) is 0 Å². The summed E-state index contributed by atoms with van der Waals surface area (Å²) in [7, 11) is 1.69. The fourth-order valence-electron chi connectivity index (χ4n) is 1.85. The highest BCUT2D eigenvalue weighted by Gasteiger charge is 2.27. The van der Waals surface area contributed by atoms with Crippen LogP contribution in [0.3, 0.4) is 0 Å². The highest BCUT2D eigenvalue weighted by Crippen LogP contribution is 2.10. The molecular weight excluding hydrogens is 250 g/mol. The average Bonchev–Trinajstić information content (AvgIpc) is 2.31. The fourth-order valence-corrected chi connectivity index (χ4v) is 1.85. The summed E-state index contributed by atoms with van der Waals surface area (Å²) in [5.74, 6) is -1.72. The van der Waals surface area contributed by atoms with Crippen molar-refractivity contribution in [3.8, 4) is 0 Å². The molecule has 0 aromatic heterocycles. The molecule has 3 amide bonds. The van der Waals surface area contributed by atoms with Crippen LogP contribution in [-0.2, 0) is 9.59 Å². The van der Waals surface area contributed by atoms with Gasteiger partial charge in [-0.25, -0.2) is 4.79 Å². The van der Waals surface area contributed by atoms with Crippen molar-refractivity contribution in [1.82, 2.24) is 15.1 Å². The number of hydrogen-bond acceptors (Lipinski definition) is 3. The summed E-state index contributed by atoms with van der Waals surface area (Å²) in [6.45, 7) is 4.68. The van der Waals surface area contributed by atoms with Gasteiger partial charge in [-0.2, -0.15) is 0 Å². The molecule has 0 saturated carbocycles. The molecule has 0 aliphatic carbocycles. The molecule has 0 aromatic rings. The van der Waals surface area contributed by atoms with Crippen molar-refractivity contribution in [2.75, 3.05) is 33.2 Å². The number of rotatable bonds is 4. The molecule has 19 heavy (non-hydrogen) atoms. The second kappa shape index (κ2) is 6.40. The van der Waals surface area contributed by atoms with E-state index in [4.69, 9.17) is 5.11 Å². The maximum Gasteiger partial charge on any atom is 0.317 e. The topological polar surface area (TPSA) is 90.0 Å². The Morgan fingerprint density at radius 2 is 2.00 bits per heavy atom. The van der Waals surface area contributed by atoms with E-state index in [1.807, 2.05) is 0 Å². The molecule has 0 bridgehead atoms. The minimum atomic E-state index is -0.926. The van der Waals surface area contributed by atoms with Crippen LogP contribution in [0.2, 0.25) is 0 Å². The molecule has 0 spiro atoms. The van der Waals surface area contributed by atoms with E-state index in [2.05, 4.69) is 5.32 Å². The lowest BCUT2D eigenvalue weighted by Crippen LogP contribution is -2.54. The molecule has 2 N–H and O–H groups in total. The average molecular weight is 271 g/mol. The number of carboxylic acids is 1. The highest BCUT2D eigenvalue weighted by molar-refractivity contribution is 5.85. The van der Waals surface area contributed by atoms with Crippen molar-refractivity contribution in [2.45, 2.75) is 13.8 Å². The second-order valence-electron chi connectivity index (χ2n) is 5.11. The Bertz CT molecular complexity index is 370. The molecular formula is C12H21N3O4. The Kier molecular flexibility index (Phi) is 5.14. The van der Waals surface area contributed by atoms with Crippen LogP contribution in [-0.4, -0.2) is 66.0 Å². The van der Waals surface area contributed by atoms with E-state index in [1.165, 1.54) is 4.90 Å². The van der Waals surface area contributed by atoms with Gasteiger partial charge in [-0.1, -0.05) is 13.8 Å². The Hall–Kier alpha value is -1.79. The van der Waals surface area contributed by atoms with Crippen LogP contribution in [0.1, 0.15) is 13.8 Å². The highest BCUT2D eigenvalue weighted by atomic mass is 16.4. The predicted molar refractivity (Wildman–Crippen MR) is 68.6 cm³/mol. The molecule has 1 fully saturated rings. The van der Waals surface area contributed by atoms with E-state index in [9.17, 15) is 14.4 Å². The summed E-state index contributed by atoms with van der Waals surface area (Å²) < 4.78 is 0. The number of amides is 3. The van der Waals surface area contributed by atoms with Crippen molar-refractivity contribution in [3.05, 3.63) is 0 Å². The van der Waals surface area contributed by atoms with Crippen molar-refractivity contribution < 1.29 is 19.5 Å². The van der Waals surface area contributed by atoms with Crippen molar-refractivity contribution in [1.29, 1.82) is 0 Å². The van der Waals surface area contributed by atoms with E-state index in [0.29, 0.717) is 13.1 Å². The monoisotopic (exact) mass is 271 g/mol. The van der Waals surface area contributed by atoms with Crippen LogP contribution in [0.15, 0.2) is 0 Å². The largest absolute Gasteiger partial charge is 0.481 e. The summed E-state index contributed by atoms with van der Waals surface area (Å²) >= 11 is 0. The number of likely N-dealkylation sites (N-methyl/N-ethyl adjacent to an activating group) is 1.